The number of benzene rings is 2. The number of carboxylic acid groups (broad SMARTS) is 1. The summed E-state index contributed by atoms with van der Waals surface area (Å²) in [5.74, 6) is -1.72. The maximum absolute atomic E-state index is 14.0. The van der Waals surface area contributed by atoms with Gasteiger partial charge in [-0.15, -0.1) is 0 Å². The van der Waals surface area contributed by atoms with E-state index in [4.69, 9.17) is 4.74 Å². The summed E-state index contributed by atoms with van der Waals surface area (Å²) in [7, 11) is 0. The summed E-state index contributed by atoms with van der Waals surface area (Å²) in [5, 5.41) is 9.42. The first-order valence-corrected chi connectivity index (χ1v) is 7.61. The van der Waals surface area contributed by atoms with Crippen LogP contribution in [0.1, 0.15) is 11.1 Å². The maximum atomic E-state index is 14.0. The number of carboxylic acids is 1. The second-order valence-electron chi connectivity index (χ2n) is 5.19. The Balaban J connectivity index is 2.33. The molecule has 0 aromatic heterocycles. The van der Waals surface area contributed by atoms with Crippen molar-refractivity contribution in [2.24, 2.45) is 0 Å². The van der Waals surface area contributed by atoms with Crippen LogP contribution in [0.4, 0.5) is 13.2 Å². The Hall–Kier alpha value is -2.28. The zero-order valence-electron chi connectivity index (χ0n) is 12.0. The molecule has 124 valence electrons. The molecular weight excluding hydrogens is 389 g/mol. The zero-order chi connectivity index (χ0) is 17.5. The molecule has 0 fully saturated rings. The molecule has 0 aliphatic carbocycles. The van der Waals surface area contributed by atoms with E-state index in [1.807, 2.05) is 0 Å². The monoisotopic (exact) mass is 398 g/mol. The third kappa shape index (κ3) is 2.49. The summed E-state index contributed by atoms with van der Waals surface area (Å²) < 4.78 is 48.0. The highest BCUT2D eigenvalue weighted by atomic mass is 79.9. The number of alkyl halides is 3. The highest BCUT2D eigenvalue weighted by Crippen LogP contribution is 2.51. The lowest BCUT2D eigenvalue weighted by Crippen LogP contribution is -2.52. The minimum atomic E-state index is -4.97. The first-order valence-electron chi connectivity index (χ1n) is 6.82. The largest absolute Gasteiger partial charge is 0.478 e. The number of hydrogen-bond acceptors (Lipinski definition) is 2. The van der Waals surface area contributed by atoms with Crippen molar-refractivity contribution in [1.29, 1.82) is 0 Å². The molecule has 0 radical (unpaired) electrons. The molecule has 1 aliphatic heterocycles. The standard InChI is InChI=1S/C17H10BrF3O3/c18-12-7-5-11(6-8-12)16(17(19,20)21)13(15(22)23)9-10-3-1-2-4-14(10)24-16/h1-9H,(H,22,23). The van der Waals surface area contributed by atoms with Gasteiger partial charge in [0.15, 0.2) is 0 Å². The lowest BCUT2D eigenvalue weighted by molar-refractivity contribution is -0.240. The van der Waals surface area contributed by atoms with Gasteiger partial charge in [0.05, 0.1) is 5.57 Å². The van der Waals surface area contributed by atoms with E-state index < -0.39 is 23.3 Å². The SMILES string of the molecule is O=C(O)C1=Cc2ccccc2OC1(c1ccc(Br)cc1)C(F)(F)F. The van der Waals surface area contributed by atoms with Crippen molar-refractivity contribution in [1.82, 2.24) is 0 Å². The number of halogens is 4. The minimum Gasteiger partial charge on any atom is -0.478 e. The van der Waals surface area contributed by atoms with Crippen molar-refractivity contribution in [3.63, 3.8) is 0 Å². The van der Waals surface area contributed by atoms with E-state index in [-0.39, 0.29) is 16.9 Å². The molecule has 7 heteroatoms. The van der Waals surface area contributed by atoms with Gasteiger partial charge in [0.1, 0.15) is 5.75 Å². The van der Waals surface area contributed by atoms with Gasteiger partial charge in [-0.05, 0) is 24.3 Å². The summed E-state index contributed by atoms with van der Waals surface area (Å²) in [6.45, 7) is 0. The molecule has 2 aromatic carbocycles. The van der Waals surface area contributed by atoms with Gasteiger partial charge in [-0.25, -0.2) is 4.79 Å². The molecule has 1 N–H and O–H groups in total. The molecule has 1 aliphatic rings. The van der Waals surface area contributed by atoms with E-state index in [0.717, 1.165) is 6.08 Å². The number of fused-ring (bicyclic) bond motifs is 1. The van der Waals surface area contributed by atoms with Gasteiger partial charge in [0.25, 0.3) is 5.60 Å². The number of para-hydroxylation sites is 1. The number of aliphatic carboxylic acids is 1. The smallest absolute Gasteiger partial charge is 0.437 e. The average molecular weight is 399 g/mol. The van der Waals surface area contributed by atoms with Crippen LogP contribution in [0.5, 0.6) is 5.75 Å². The average Bonchev–Trinajstić information content (AvgIpc) is 2.53. The fourth-order valence-corrected chi connectivity index (χ4v) is 2.92. The van der Waals surface area contributed by atoms with Crippen molar-refractivity contribution < 1.29 is 27.8 Å². The Morgan fingerprint density at radius 2 is 1.71 bits per heavy atom. The van der Waals surface area contributed by atoms with E-state index in [0.29, 0.717) is 4.47 Å². The summed E-state index contributed by atoms with van der Waals surface area (Å²) in [6, 6.07) is 11.2. The molecule has 0 saturated carbocycles. The molecule has 0 spiro atoms. The molecule has 0 bridgehead atoms. The number of hydrogen-bond donors (Lipinski definition) is 1. The van der Waals surface area contributed by atoms with Gasteiger partial charge >= 0.3 is 12.1 Å². The molecule has 1 heterocycles. The Bertz CT molecular complexity index is 828. The number of carbonyl (C=O) groups is 1. The fourth-order valence-electron chi connectivity index (χ4n) is 2.66. The second kappa shape index (κ2) is 5.66. The normalized spacial score (nSPS) is 19.9. The molecule has 3 nitrogen and oxygen atoms in total. The Labute approximate surface area is 143 Å². The van der Waals surface area contributed by atoms with E-state index in [1.165, 1.54) is 42.5 Å². The number of rotatable bonds is 2. The van der Waals surface area contributed by atoms with Gasteiger partial charge in [-0.3, -0.25) is 0 Å². The Kier molecular flexibility index (Phi) is 3.91. The lowest BCUT2D eigenvalue weighted by atomic mass is 9.82. The van der Waals surface area contributed by atoms with Crippen LogP contribution in [-0.2, 0) is 10.4 Å². The molecular formula is C17H10BrF3O3. The topological polar surface area (TPSA) is 46.5 Å². The molecule has 1 atom stereocenters. The van der Waals surface area contributed by atoms with Crippen LogP contribution < -0.4 is 4.74 Å². The van der Waals surface area contributed by atoms with Crippen molar-refractivity contribution in [3.8, 4) is 5.75 Å². The van der Waals surface area contributed by atoms with Crippen molar-refractivity contribution >= 4 is 28.0 Å². The fraction of sp³-hybridized carbons (Fsp3) is 0.118. The van der Waals surface area contributed by atoms with E-state index in [9.17, 15) is 23.1 Å². The summed E-state index contributed by atoms with van der Waals surface area (Å²) in [6.07, 6.45) is -3.96. The van der Waals surface area contributed by atoms with Gasteiger partial charge < -0.3 is 9.84 Å². The first-order chi connectivity index (χ1) is 11.3. The van der Waals surface area contributed by atoms with Crippen molar-refractivity contribution in [3.05, 3.63) is 69.7 Å². The highest BCUT2D eigenvalue weighted by Gasteiger charge is 2.64. The van der Waals surface area contributed by atoms with Crippen LogP contribution in [0.25, 0.3) is 6.08 Å². The lowest BCUT2D eigenvalue weighted by Gasteiger charge is -2.39. The van der Waals surface area contributed by atoms with E-state index >= 15 is 0 Å². The second-order valence-corrected chi connectivity index (χ2v) is 6.10. The molecule has 24 heavy (non-hydrogen) atoms. The summed E-state index contributed by atoms with van der Waals surface area (Å²) in [4.78, 5) is 11.6. The van der Waals surface area contributed by atoms with Crippen molar-refractivity contribution in [2.75, 3.05) is 0 Å². The quantitative estimate of drug-likeness (QED) is 0.792. The number of ether oxygens (including phenoxy) is 1. The third-order valence-corrected chi connectivity index (χ3v) is 4.27. The third-order valence-electron chi connectivity index (χ3n) is 3.74. The molecule has 0 amide bonds. The van der Waals surface area contributed by atoms with Crippen LogP contribution in [0.2, 0.25) is 0 Å². The van der Waals surface area contributed by atoms with Crippen LogP contribution in [-0.4, -0.2) is 17.3 Å². The summed E-state index contributed by atoms with van der Waals surface area (Å²) in [5.41, 5.74) is -3.97. The van der Waals surface area contributed by atoms with Gasteiger partial charge in [-0.2, -0.15) is 13.2 Å². The highest BCUT2D eigenvalue weighted by molar-refractivity contribution is 9.10. The predicted octanol–water partition coefficient (Wildman–Crippen LogP) is 4.77. The minimum absolute atomic E-state index is 0.0252. The Morgan fingerprint density at radius 3 is 2.29 bits per heavy atom. The van der Waals surface area contributed by atoms with E-state index in [1.54, 1.807) is 6.07 Å². The van der Waals surface area contributed by atoms with Crippen LogP contribution >= 0.6 is 15.9 Å². The zero-order valence-corrected chi connectivity index (χ0v) is 13.6. The predicted molar refractivity (Wildman–Crippen MR) is 84.6 cm³/mol. The first kappa shape index (κ1) is 16.6. The van der Waals surface area contributed by atoms with Crippen LogP contribution in [0.3, 0.4) is 0 Å². The van der Waals surface area contributed by atoms with Crippen LogP contribution in [0.15, 0.2) is 58.6 Å². The van der Waals surface area contributed by atoms with Gasteiger partial charge in [-0.1, -0.05) is 46.3 Å². The van der Waals surface area contributed by atoms with Gasteiger partial charge in [0.2, 0.25) is 0 Å². The van der Waals surface area contributed by atoms with E-state index in [2.05, 4.69) is 15.9 Å². The molecule has 1 unspecified atom stereocenters. The van der Waals surface area contributed by atoms with Gasteiger partial charge in [0, 0.05) is 15.6 Å². The van der Waals surface area contributed by atoms with Crippen LogP contribution in [0, 0.1) is 0 Å². The van der Waals surface area contributed by atoms with Crippen molar-refractivity contribution in [2.45, 2.75) is 11.8 Å². The maximum Gasteiger partial charge on any atom is 0.437 e. The molecule has 0 saturated heterocycles. The summed E-state index contributed by atoms with van der Waals surface area (Å²) >= 11 is 3.15. The molecule has 2 aromatic rings. The Morgan fingerprint density at radius 1 is 1.08 bits per heavy atom. The molecule has 3 rings (SSSR count).